The van der Waals surface area contributed by atoms with Crippen LogP contribution in [0, 0.1) is 5.82 Å². The van der Waals surface area contributed by atoms with Crippen molar-refractivity contribution in [1.29, 1.82) is 0 Å². The molecule has 0 saturated heterocycles. The average Bonchev–Trinajstić information content (AvgIpc) is 2.15. The van der Waals surface area contributed by atoms with E-state index in [1.165, 1.54) is 12.1 Å². The lowest BCUT2D eigenvalue weighted by atomic mass is 10.2. The van der Waals surface area contributed by atoms with Gasteiger partial charge in [-0.15, -0.1) is 0 Å². The van der Waals surface area contributed by atoms with E-state index in [1.54, 1.807) is 0 Å². The van der Waals surface area contributed by atoms with E-state index in [0.717, 1.165) is 6.07 Å². The van der Waals surface area contributed by atoms with Crippen molar-refractivity contribution in [2.75, 3.05) is 0 Å². The Morgan fingerprint density at radius 1 is 1.43 bits per heavy atom. The van der Waals surface area contributed by atoms with Gasteiger partial charge in [0, 0.05) is 11.5 Å². The number of halogens is 1. The fourth-order valence-electron chi connectivity index (χ4n) is 1.24. The smallest absolute Gasteiger partial charge is 0.302 e. The fourth-order valence-corrected chi connectivity index (χ4v) is 1.24. The van der Waals surface area contributed by atoms with Crippen LogP contribution in [0.25, 0.3) is 10.9 Å². The fraction of sp³-hybridized carbons (Fsp3) is 0. The summed E-state index contributed by atoms with van der Waals surface area (Å²) in [7, 11) is 0. The highest BCUT2D eigenvalue weighted by molar-refractivity contribution is 5.93. The first-order valence-electron chi connectivity index (χ1n) is 3.85. The first-order chi connectivity index (χ1) is 6.70. The van der Waals surface area contributed by atoms with Crippen molar-refractivity contribution in [3.05, 3.63) is 40.2 Å². The maximum absolute atomic E-state index is 12.8. The van der Waals surface area contributed by atoms with Gasteiger partial charge in [-0.25, -0.2) is 9.18 Å². The topological polar surface area (TPSA) is 62.8 Å². The zero-order valence-electron chi connectivity index (χ0n) is 6.95. The predicted molar refractivity (Wildman–Crippen MR) is 47.7 cm³/mol. The van der Waals surface area contributed by atoms with Gasteiger partial charge in [-0.05, 0) is 12.1 Å². The Bertz CT molecular complexity index is 562. The third kappa shape index (κ3) is 1.28. The highest BCUT2D eigenvalue weighted by atomic mass is 19.1. The van der Waals surface area contributed by atoms with Crippen molar-refractivity contribution in [3.63, 3.8) is 0 Å². The molecule has 1 aromatic heterocycles. The van der Waals surface area contributed by atoms with E-state index >= 15 is 0 Å². The summed E-state index contributed by atoms with van der Waals surface area (Å²) >= 11 is 0. The molecule has 2 rings (SSSR count). The molecule has 0 aliphatic rings. The van der Waals surface area contributed by atoms with E-state index in [4.69, 9.17) is 0 Å². The zero-order chi connectivity index (χ0) is 10.1. The number of aromatic amines is 1. The number of carbonyl (C=O) groups excluding carboxylic acids is 1. The number of fused-ring (bicyclic) bond motifs is 1. The number of benzene rings is 1. The monoisotopic (exact) mass is 192 g/mol. The molecule has 5 heteroatoms. The molecule has 70 valence electrons. The summed E-state index contributed by atoms with van der Waals surface area (Å²) in [6.07, 6.45) is 0.503. The van der Waals surface area contributed by atoms with Crippen LogP contribution in [-0.2, 0) is 0 Å². The lowest BCUT2D eigenvalue weighted by Gasteiger charge is -1.98. The number of rotatable bonds is 1. The van der Waals surface area contributed by atoms with Crippen molar-refractivity contribution in [1.82, 2.24) is 9.97 Å². The van der Waals surface area contributed by atoms with Crippen LogP contribution >= 0.6 is 0 Å². The van der Waals surface area contributed by atoms with Crippen LogP contribution in [-0.4, -0.2) is 16.3 Å². The van der Waals surface area contributed by atoms with Gasteiger partial charge < -0.3 is 4.98 Å². The van der Waals surface area contributed by atoms with Crippen molar-refractivity contribution in [2.45, 2.75) is 0 Å². The zero-order valence-corrected chi connectivity index (χ0v) is 6.95. The van der Waals surface area contributed by atoms with Gasteiger partial charge in [-0.3, -0.25) is 4.79 Å². The van der Waals surface area contributed by atoms with Crippen molar-refractivity contribution >= 4 is 17.2 Å². The third-order valence-corrected chi connectivity index (χ3v) is 1.83. The normalized spacial score (nSPS) is 10.4. The molecular formula is C9H5FN2O2. The summed E-state index contributed by atoms with van der Waals surface area (Å²) in [5.74, 6) is -0.493. The van der Waals surface area contributed by atoms with Gasteiger partial charge >= 0.3 is 5.69 Å². The Labute approximate surface area is 77.4 Å². The Morgan fingerprint density at radius 3 is 2.93 bits per heavy atom. The SMILES string of the molecule is O=Cc1[nH]c(=O)nc2cc(F)ccc12. The van der Waals surface area contributed by atoms with Crippen LogP contribution in [0.3, 0.4) is 0 Å². The number of aromatic nitrogens is 2. The van der Waals surface area contributed by atoms with Crippen molar-refractivity contribution < 1.29 is 9.18 Å². The minimum absolute atomic E-state index is 0.111. The number of nitrogens with one attached hydrogen (secondary N) is 1. The predicted octanol–water partition coefficient (Wildman–Crippen LogP) is 0.875. The highest BCUT2D eigenvalue weighted by Crippen LogP contribution is 2.12. The lowest BCUT2D eigenvalue weighted by molar-refractivity contribution is 0.112. The Balaban J connectivity index is 2.94. The van der Waals surface area contributed by atoms with Crippen LogP contribution in [0.5, 0.6) is 0 Å². The maximum atomic E-state index is 12.8. The van der Waals surface area contributed by atoms with Gasteiger partial charge in [-0.1, -0.05) is 0 Å². The molecule has 1 aromatic carbocycles. The van der Waals surface area contributed by atoms with Crippen LogP contribution in [0.15, 0.2) is 23.0 Å². The molecule has 1 heterocycles. The quantitative estimate of drug-likeness (QED) is 0.682. The van der Waals surface area contributed by atoms with Crippen LogP contribution in [0.4, 0.5) is 4.39 Å². The maximum Gasteiger partial charge on any atom is 0.346 e. The van der Waals surface area contributed by atoms with Gasteiger partial charge in [0.1, 0.15) is 5.82 Å². The van der Waals surface area contributed by atoms with Gasteiger partial charge in [0.15, 0.2) is 6.29 Å². The van der Waals surface area contributed by atoms with E-state index in [0.29, 0.717) is 11.7 Å². The summed E-state index contributed by atoms with van der Waals surface area (Å²) in [6, 6.07) is 3.71. The molecule has 14 heavy (non-hydrogen) atoms. The van der Waals surface area contributed by atoms with Crippen LogP contribution in [0.2, 0.25) is 0 Å². The number of hydrogen-bond acceptors (Lipinski definition) is 3. The van der Waals surface area contributed by atoms with Crippen molar-refractivity contribution in [2.24, 2.45) is 0 Å². The summed E-state index contributed by atoms with van der Waals surface area (Å²) in [5.41, 5.74) is -0.374. The molecule has 2 aromatic rings. The Hall–Kier alpha value is -2.04. The van der Waals surface area contributed by atoms with Gasteiger partial charge in [0.25, 0.3) is 0 Å². The molecule has 0 amide bonds. The molecule has 0 aliphatic carbocycles. The van der Waals surface area contributed by atoms with Gasteiger partial charge in [0.05, 0.1) is 11.2 Å². The first-order valence-corrected chi connectivity index (χ1v) is 3.85. The largest absolute Gasteiger partial charge is 0.346 e. The molecule has 4 nitrogen and oxygen atoms in total. The van der Waals surface area contributed by atoms with Crippen LogP contribution in [0.1, 0.15) is 10.5 Å². The number of nitrogens with zero attached hydrogens (tertiary/aromatic N) is 1. The van der Waals surface area contributed by atoms with E-state index < -0.39 is 11.5 Å². The molecule has 0 fully saturated rings. The van der Waals surface area contributed by atoms with E-state index in [2.05, 4.69) is 9.97 Å². The molecule has 0 spiro atoms. The summed E-state index contributed by atoms with van der Waals surface area (Å²) in [6.45, 7) is 0. The Kier molecular flexibility index (Phi) is 1.85. The molecule has 1 N–H and O–H groups in total. The molecular weight excluding hydrogens is 187 g/mol. The van der Waals surface area contributed by atoms with Crippen molar-refractivity contribution in [3.8, 4) is 0 Å². The van der Waals surface area contributed by atoms with E-state index in [9.17, 15) is 14.0 Å². The van der Waals surface area contributed by atoms with E-state index in [1.807, 2.05) is 0 Å². The van der Waals surface area contributed by atoms with Gasteiger partial charge in [-0.2, -0.15) is 4.98 Å². The second-order valence-corrected chi connectivity index (χ2v) is 2.73. The average molecular weight is 192 g/mol. The standard InChI is InChI=1S/C9H5FN2O2/c10-5-1-2-6-7(3-5)11-9(14)12-8(6)4-13/h1-4H,(H,11,12,14). The van der Waals surface area contributed by atoms with Crippen LogP contribution < -0.4 is 5.69 Å². The third-order valence-electron chi connectivity index (χ3n) is 1.83. The molecule has 0 aliphatic heterocycles. The lowest BCUT2D eigenvalue weighted by Crippen LogP contribution is -2.12. The second-order valence-electron chi connectivity index (χ2n) is 2.73. The summed E-state index contributed by atoms with van der Waals surface area (Å²) in [5, 5.41) is 0.431. The molecule has 0 atom stereocenters. The Morgan fingerprint density at radius 2 is 2.21 bits per heavy atom. The minimum atomic E-state index is -0.662. The molecule has 0 bridgehead atoms. The number of hydrogen-bond donors (Lipinski definition) is 1. The molecule has 0 radical (unpaired) electrons. The summed E-state index contributed by atoms with van der Waals surface area (Å²) < 4.78 is 12.8. The van der Waals surface area contributed by atoms with Gasteiger partial charge in [0.2, 0.25) is 0 Å². The minimum Gasteiger partial charge on any atom is -0.302 e. The van der Waals surface area contributed by atoms with E-state index in [-0.39, 0.29) is 11.2 Å². The number of carbonyl (C=O) groups is 1. The molecule has 0 unspecified atom stereocenters. The summed E-state index contributed by atoms with van der Waals surface area (Å²) in [4.78, 5) is 27.3. The first kappa shape index (κ1) is 8.55. The second kappa shape index (κ2) is 3.02. The highest BCUT2D eigenvalue weighted by Gasteiger charge is 2.04. The number of aldehydes is 1. The molecule has 0 saturated carbocycles. The number of H-pyrrole nitrogens is 1.